The van der Waals surface area contributed by atoms with E-state index in [-0.39, 0.29) is 23.0 Å². The molecule has 2 N–H and O–H groups in total. The van der Waals surface area contributed by atoms with E-state index in [0.29, 0.717) is 28.7 Å². The molecule has 0 bridgehead atoms. The molecule has 2 aromatic rings. The van der Waals surface area contributed by atoms with E-state index in [2.05, 4.69) is 27.4 Å². The summed E-state index contributed by atoms with van der Waals surface area (Å²) in [5.41, 5.74) is 0.822. The summed E-state index contributed by atoms with van der Waals surface area (Å²) < 4.78 is 41.1. The van der Waals surface area contributed by atoms with Crippen molar-refractivity contribution in [2.75, 3.05) is 29.9 Å². The Bertz CT molecular complexity index is 1090. The highest BCUT2D eigenvalue weighted by atomic mass is 35.5. The second-order valence-corrected chi connectivity index (χ2v) is 11.4. The smallest absolute Gasteiger partial charge is 0.331 e. The number of hydrogen-bond acceptors (Lipinski definition) is 6. The first-order chi connectivity index (χ1) is 15.3. The summed E-state index contributed by atoms with van der Waals surface area (Å²) >= 11 is 6.00. The number of benzene rings is 1. The molecule has 2 aliphatic heterocycles. The zero-order chi connectivity index (χ0) is 22.3. The summed E-state index contributed by atoms with van der Waals surface area (Å²) in [5, 5.41) is 10.4. The highest BCUT2D eigenvalue weighted by Gasteiger charge is 2.57. The number of rotatable bonds is 5. The van der Waals surface area contributed by atoms with Crippen molar-refractivity contribution in [1.29, 1.82) is 0 Å². The van der Waals surface area contributed by atoms with Crippen LogP contribution in [0.5, 0.6) is 0 Å². The molecule has 0 spiro atoms. The molecule has 2 aliphatic carbocycles. The largest absolute Gasteiger partial charge is 0.394 e. The number of aliphatic hydroxyl groups is 1. The number of anilines is 2. The predicted molar refractivity (Wildman–Crippen MR) is 118 cm³/mol. The van der Waals surface area contributed by atoms with Gasteiger partial charge in [-0.1, -0.05) is 23.7 Å². The second-order valence-electron chi connectivity index (χ2n) is 9.46. The molecule has 32 heavy (non-hydrogen) atoms. The highest BCUT2D eigenvalue weighted by Crippen LogP contribution is 2.58. The van der Waals surface area contributed by atoms with Crippen LogP contribution in [0.15, 0.2) is 29.2 Å². The van der Waals surface area contributed by atoms with Crippen molar-refractivity contribution in [3.05, 3.63) is 40.5 Å². The van der Waals surface area contributed by atoms with Gasteiger partial charge in [-0.2, -0.15) is 13.8 Å². The second kappa shape index (κ2) is 7.08. The SMILES string of the molecule is O=[S@@]1c2c(nc(N3CC4C(C3)C4c3ccc(Cl)cc3)nc2NC2(CO)CCC2)CC1(F)F. The van der Waals surface area contributed by atoms with Crippen molar-refractivity contribution < 1.29 is 18.1 Å². The molecule has 3 heterocycles. The quantitative estimate of drug-likeness (QED) is 0.681. The van der Waals surface area contributed by atoms with Gasteiger partial charge in [-0.05, 0) is 54.7 Å². The van der Waals surface area contributed by atoms with E-state index in [9.17, 15) is 18.1 Å². The number of piperidine rings is 1. The van der Waals surface area contributed by atoms with E-state index in [1.54, 1.807) is 0 Å². The van der Waals surface area contributed by atoms with Crippen LogP contribution in [0.4, 0.5) is 20.5 Å². The molecule has 1 aromatic carbocycles. The first-order valence-corrected chi connectivity index (χ1v) is 12.4. The Kier molecular flexibility index (Phi) is 4.59. The van der Waals surface area contributed by atoms with Crippen LogP contribution < -0.4 is 10.2 Å². The fourth-order valence-corrected chi connectivity index (χ4v) is 6.78. The molecular weight excluding hydrogens is 458 g/mol. The molecule has 1 aromatic heterocycles. The van der Waals surface area contributed by atoms with Crippen LogP contribution in [0.2, 0.25) is 5.02 Å². The van der Waals surface area contributed by atoms with E-state index in [0.717, 1.165) is 32.4 Å². The maximum absolute atomic E-state index is 14.3. The third-order valence-corrected chi connectivity index (χ3v) is 9.22. The summed E-state index contributed by atoms with van der Waals surface area (Å²) in [6.07, 6.45) is 1.72. The molecule has 6 rings (SSSR count). The summed E-state index contributed by atoms with van der Waals surface area (Å²) in [4.78, 5) is 11.0. The average Bonchev–Trinajstić information content (AvgIpc) is 3.11. The minimum Gasteiger partial charge on any atom is -0.394 e. The maximum Gasteiger partial charge on any atom is 0.331 e. The molecule has 0 radical (unpaired) electrons. The van der Waals surface area contributed by atoms with Crippen LogP contribution in [0.25, 0.3) is 0 Å². The fourth-order valence-electron chi connectivity index (χ4n) is 5.48. The van der Waals surface area contributed by atoms with Gasteiger partial charge in [0, 0.05) is 18.1 Å². The number of nitrogens with one attached hydrogen (secondary N) is 1. The van der Waals surface area contributed by atoms with Crippen LogP contribution in [0, 0.1) is 11.8 Å². The van der Waals surface area contributed by atoms with Gasteiger partial charge < -0.3 is 15.3 Å². The fraction of sp³-hybridized carbons (Fsp3) is 0.545. The number of fused-ring (bicyclic) bond motifs is 2. The number of nitrogens with zero attached hydrogens (tertiary/aromatic N) is 3. The van der Waals surface area contributed by atoms with Gasteiger partial charge in [0.15, 0.2) is 0 Å². The molecule has 170 valence electrons. The topological polar surface area (TPSA) is 78.4 Å². The van der Waals surface area contributed by atoms with Gasteiger partial charge in [0.2, 0.25) is 5.95 Å². The normalized spacial score (nSPS) is 31.1. The number of alkyl halides is 2. The number of aliphatic hydroxyl groups excluding tert-OH is 1. The Hall–Kier alpha value is -1.84. The van der Waals surface area contributed by atoms with Crippen LogP contribution in [0.1, 0.15) is 36.4 Å². The zero-order valence-electron chi connectivity index (χ0n) is 17.2. The lowest BCUT2D eigenvalue weighted by molar-refractivity contribution is 0.104. The molecule has 6 nitrogen and oxygen atoms in total. The van der Waals surface area contributed by atoms with E-state index in [1.807, 2.05) is 17.0 Å². The summed E-state index contributed by atoms with van der Waals surface area (Å²) in [6.45, 7) is 1.38. The summed E-state index contributed by atoms with van der Waals surface area (Å²) in [6, 6.07) is 7.94. The molecular formula is C22H23ClF2N4O2S. The number of halogens is 3. The van der Waals surface area contributed by atoms with Crippen LogP contribution in [0.3, 0.4) is 0 Å². The summed E-state index contributed by atoms with van der Waals surface area (Å²) in [7, 11) is -2.51. The molecule has 3 fully saturated rings. The molecule has 1 saturated heterocycles. The summed E-state index contributed by atoms with van der Waals surface area (Å²) in [5.74, 6) is 1.99. The van der Waals surface area contributed by atoms with Gasteiger partial charge >= 0.3 is 5.25 Å². The van der Waals surface area contributed by atoms with Crippen molar-refractivity contribution in [2.45, 2.75) is 47.3 Å². The lowest BCUT2D eigenvalue weighted by Gasteiger charge is -2.41. The molecule has 3 atom stereocenters. The Morgan fingerprint density at radius 2 is 1.88 bits per heavy atom. The van der Waals surface area contributed by atoms with Crippen molar-refractivity contribution in [2.24, 2.45) is 11.8 Å². The Balaban J connectivity index is 1.28. The van der Waals surface area contributed by atoms with Crippen LogP contribution in [-0.4, -0.2) is 49.8 Å². The maximum atomic E-state index is 14.3. The number of hydrogen-bond donors (Lipinski definition) is 2. The monoisotopic (exact) mass is 480 g/mol. The van der Waals surface area contributed by atoms with Gasteiger partial charge in [0.25, 0.3) is 0 Å². The van der Waals surface area contributed by atoms with E-state index in [1.165, 1.54) is 5.56 Å². The standard InChI is InChI=1S/C22H23ClF2N4O2S/c23-13-4-2-12(3-5-13)17-14-9-29(10-15(14)17)20-26-16-8-22(24,25)32(31)18(16)19(27-20)28-21(11-30)6-1-7-21/h2-5,14-15,17,30H,1,6-11H2,(H,26,27,28)/t14?,15?,17?,32-/m1/s1. The Morgan fingerprint density at radius 3 is 2.47 bits per heavy atom. The van der Waals surface area contributed by atoms with Crippen molar-refractivity contribution in [3.63, 3.8) is 0 Å². The number of aromatic nitrogens is 2. The van der Waals surface area contributed by atoms with Gasteiger partial charge in [0.05, 0.1) is 24.3 Å². The van der Waals surface area contributed by atoms with Gasteiger partial charge in [-0.3, -0.25) is 0 Å². The third kappa shape index (κ3) is 3.15. The average molecular weight is 481 g/mol. The minimum atomic E-state index is -3.36. The zero-order valence-corrected chi connectivity index (χ0v) is 18.8. The van der Waals surface area contributed by atoms with E-state index >= 15 is 0 Å². The lowest BCUT2D eigenvalue weighted by Crippen LogP contribution is -2.48. The van der Waals surface area contributed by atoms with E-state index in [4.69, 9.17) is 11.6 Å². The van der Waals surface area contributed by atoms with Gasteiger partial charge in [0.1, 0.15) is 21.5 Å². The predicted octanol–water partition coefficient (Wildman–Crippen LogP) is 3.56. The molecule has 4 aliphatic rings. The first kappa shape index (κ1) is 20.7. The Labute approximate surface area is 191 Å². The van der Waals surface area contributed by atoms with Gasteiger partial charge in [-0.15, -0.1) is 0 Å². The van der Waals surface area contributed by atoms with Crippen molar-refractivity contribution in [3.8, 4) is 0 Å². The van der Waals surface area contributed by atoms with Crippen molar-refractivity contribution >= 4 is 34.2 Å². The van der Waals surface area contributed by atoms with Crippen LogP contribution >= 0.6 is 11.6 Å². The van der Waals surface area contributed by atoms with Gasteiger partial charge in [-0.25, -0.2) is 9.19 Å². The van der Waals surface area contributed by atoms with Crippen LogP contribution in [-0.2, 0) is 17.2 Å². The Morgan fingerprint density at radius 1 is 1.19 bits per heavy atom. The minimum absolute atomic E-state index is 0.0122. The molecule has 2 unspecified atom stereocenters. The van der Waals surface area contributed by atoms with E-state index < -0.39 is 28.0 Å². The molecule has 0 amide bonds. The highest BCUT2D eigenvalue weighted by molar-refractivity contribution is 7.86. The lowest BCUT2D eigenvalue weighted by atomic mass is 9.77. The molecule has 10 heteroatoms. The third-order valence-electron chi connectivity index (χ3n) is 7.48. The molecule has 2 saturated carbocycles. The first-order valence-electron chi connectivity index (χ1n) is 10.9. The van der Waals surface area contributed by atoms with Crippen molar-refractivity contribution in [1.82, 2.24) is 9.97 Å².